The first-order valence-electron chi connectivity index (χ1n) is 6.87. The Morgan fingerprint density at radius 3 is 2.58 bits per heavy atom. The van der Waals surface area contributed by atoms with Crippen LogP contribution in [0.4, 0.5) is 0 Å². The van der Waals surface area contributed by atoms with Gasteiger partial charge < -0.3 is 0 Å². The molecule has 1 atom stereocenters. The van der Waals surface area contributed by atoms with Crippen LogP contribution >= 0.6 is 15.9 Å². The van der Waals surface area contributed by atoms with E-state index in [-0.39, 0.29) is 0 Å². The summed E-state index contributed by atoms with van der Waals surface area (Å²) in [7, 11) is 0. The van der Waals surface area contributed by atoms with Crippen LogP contribution in [0.25, 0.3) is 17.2 Å². The van der Waals surface area contributed by atoms with Crippen molar-refractivity contribution in [1.82, 2.24) is 0 Å². The zero-order chi connectivity index (χ0) is 13.2. The van der Waals surface area contributed by atoms with Crippen molar-refractivity contribution in [2.24, 2.45) is 0 Å². The third kappa shape index (κ3) is 2.28. The van der Waals surface area contributed by atoms with E-state index in [4.69, 9.17) is 0 Å². The summed E-state index contributed by atoms with van der Waals surface area (Å²) in [5.74, 6) is 0.593. The maximum absolute atomic E-state index is 3.71. The fourth-order valence-electron chi connectivity index (χ4n) is 2.89. The third-order valence-corrected chi connectivity index (χ3v) is 4.45. The molecule has 3 rings (SSSR count). The minimum Gasteiger partial charge on any atom is -0.0764 e. The van der Waals surface area contributed by atoms with E-state index in [1.54, 1.807) is 0 Å². The molecule has 1 aliphatic carbocycles. The van der Waals surface area contributed by atoms with Crippen LogP contribution in [0, 0.1) is 0 Å². The zero-order valence-corrected chi connectivity index (χ0v) is 12.7. The molecule has 0 saturated carbocycles. The number of rotatable bonds is 3. The lowest BCUT2D eigenvalue weighted by Crippen LogP contribution is -1.95. The summed E-state index contributed by atoms with van der Waals surface area (Å²) in [6.45, 7) is 2.25. The molecule has 0 radical (unpaired) electrons. The van der Waals surface area contributed by atoms with E-state index in [2.05, 4.69) is 77.5 Å². The molecule has 0 heterocycles. The maximum atomic E-state index is 3.71. The lowest BCUT2D eigenvalue weighted by atomic mass is 9.92. The molecule has 0 saturated heterocycles. The Morgan fingerprint density at radius 2 is 1.84 bits per heavy atom. The molecule has 1 unspecified atom stereocenters. The lowest BCUT2D eigenvalue weighted by Gasteiger charge is -2.14. The van der Waals surface area contributed by atoms with Crippen molar-refractivity contribution < 1.29 is 0 Å². The number of halogens is 1. The summed E-state index contributed by atoms with van der Waals surface area (Å²) in [5.41, 5.74) is 5.48. The summed E-state index contributed by atoms with van der Waals surface area (Å²) in [4.78, 5) is 0. The van der Waals surface area contributed by atoms with Gasteiger partial charge in [-0.3, -0.25) is 0 Å². The molecule has 0 aliphatic heterocycles. The molecule has 0 amide bonds. The van der Waals surface area contributed by atoms with E-state index >= 15 is 0 Å². The van der Waals surface area contributed by atoms with Gasteiger partial charge in [-0.15, -0.1) is 0 Å². The quantitative estimate of drug-likeness (QED) is 0.649. The van der Waals surface area contributed by atoms with Crippen molar-refractivity contribution in [3.63, 3.8) is 0 Å². The predicted molar refractivity (Wildman–Crippen MR) is 86.3 cm³/mol. The second-order valence-electron chi connectivity index (χ2n) is 5.05. The highest BCUT2D eigenvalue weighted by atomic mass is 79.9. The van der Waals surface area contributed by atoms with Crippen molar-refractivity contribution >= 4 is 22.0 Å². The first-order chi connectivity index (χ1) is 9.31. The van der Waals surface area contributed by atoms with Gasteiger partial charge in [-0.25, -0.2) is 0 Å². The van der Waals surface area contributed by atoms with Crippen LogP contribution in [0.2, 0.25) is 0 Å². The SMILES string of the molecule is CCCC1C=Cc2c1ccc(Br)c2-c1ccccc1. The highest BCUT2D eigenvalue weighted by Crippen LogP contribution is 2.42. The average molecular weight is 313 g/mol. The Labute approximate surface area is 123 Å². The van der Waals surface area contributed by atoms with Gasteiger partial charge in [0.1, 0.15) is 0 Å². The van der Waals surface area contributed by atoms with Gasteiger partial charge in [-0.05, 0) is 29.2 Å². The predicted octanol–water partition coefficient (Wildman–Crippen LogP) is 6.03. The van der Waals surface area contributed by atoms with Gasteiger partial charge in [0, 0.05) is 16.0 Å². The van der Waals surface area contributed by atoms with Crippen LogP contribution in [0.15, 0.2) is 53.0 Å². The highest BCUT2D eigenvalue weighted by Gasteiger charge is 2.21. The molecule has 0 aromatic heterocycles. The molecule has 0 bridgehead atoms. The Balaban J connectivity index is 2.14. The van der Waals surface area contributed by atoms with E-state index in [1.165, 1.54) is 39.6 Å². The van der Waals surface area contributed by atoms with Crippen molar-refractivity contribution in [2.45, 2.75) is 25.7 Å². The average Bonchev–Trinajstić information content (AvgIpc) is 2.83. The summed E-state index contributed by atoms with van der Waals surface area (Å²) in [6, 6.07) is 15.1. The van der Waals surface area contributed by atoms with Crippen LogP contribution in [-0.2, 0) is 0 Å². The van der Waals surface area contributed by atoms with Gasteiger partial charge in [-0.1, -0.05) is 77.8 Å². The minimum atomic E-state index is 0.593. The smallest absolute Gasteiger partial charge is 0.0259 e. The number of fused-ring (bicyclic) bond motifs is 1. The Hall–Kier alpha value is -1.34. The molecule has 0 N–H and O–H groups in total. The van der Waals surface area contributed by atoms with E-state index in [0.717, 1.165) is 0 Å². The molecule has 0 nitrogen and oxygen atoms in total. The van der Waals surface area contributed by atoms with Crippen LogP contribution in [0.5, 0.6) is 0 Å². The molecule has 0 fully saturated rings. The molecular weight excluding hydrogens is 296 g/mol. The normalized spacial score (nSPS) is 16.6. The monoisotopic (exact) mass is 312 g/mol. The van der Waals surface area contributed by atoms with Gasteiger partial charge >= 0.3 is 0 Å². The largest absolute Gasteiger partial charge is 0.0764 e. The summed E-state index contributed by atoms with van der Waals surface area (Å²) < 4.78 is 1.18. The van der Waals surface area contributed by atoms with Crippen LogP contribution in [-0.4, -0.2) is 0 Å². The van der Waals surface area contributed by atoms with Crippen LogP contribution in [0.1, 0.15) is 36.8 Å². The Morgan fingerprint density at radius 1 is 1.05 bits per heavy atom. The summed E-state index contributed by atoms with van der Waals surface area (Å²) in [5, 5.41) is 0. The number of allylic oxidation sites excluding steroid dienone is 1. The summed E-state index contributed by atoms with van der Waals surface area (Å²) in [6.07, 6.45) is 7.11. The first-order valence-corrected chi connectivity index (χ1v) is 7.66. The van der Waals surface area contributed by atoms with Crippen LogP contribution in [0.3, 0.4) is 0 Å². The van der Waals surface area contributed by atoms with Gasteiger partial charge in [0.15, 0.2) is 0 Å². The van der Waals surface area contributed by atoms with Crippen molar-refractivity contribution in [1.29, 1.82) is 0 Å². The van der Waals surface area contributed by atoms with Crippen molar-refractivity contribution in [3.8, 4) is 11.1 Å². The first kappa shape index (κ1) is 12.7. The second kappa shape index (κ2) is 5.34. The van der Waals surface area contributed by atoms with E-state index in [1.807, 2.05) is 0 Å². The molecule has 2 aromatic carbocycles. The van der Waals surface area contributed by atoms with Crippen molar-refractivity contribution in [2.75, 3.05) is 0 Å². The molecule has 1 heteroatoms. The highest BCUT2D eigenvalue weighted by molar-refractivity contribution is 9.10. The molecule has 0 spiro atoms. The zero-order valence-electron chi connectivity index (χ0n) is 11.1. The third-order valence-electron chi connectivity index (χ3n) is 3.79. The van der Waals surface area contributed by atoms with Gasteiger partial charge in [0.2, 0.25) is 0 Å². The molecule has 96 valence electrons. The van der Waals surface area contributed by atoms with Gasteiger partial charge in [0.25, 0.3) is 0 Å². The summed E-state index contributed by atoms with van der Waals surface area (Å²) >= 11 is 3.71. The van der Waals surface area contributed by atoms with Gasteiger partial charge in [0.05, 0.1) is 0 Å². The molecule has 2 aromatic rings. The Bertz CT molecular complexity index is 611. The van der Waals surface area contributed by atoms with E-state index in [9.17, 15) is 0 Å². The molecule has 19 heavy (non-hydrogen) atoms. The number of hydrogen-bond acceptors (Lipinski definition) is 0. The second-order valence-corrected chi connectivity index (χ2v) is 5.90. The maximum Gasteiger partial charge on any atom is 0.0259 e. The number of benzene rings is 2. The molecular formula is C18H17Br. The van der Waals surface area contributed by atoms with E-state index in [0.29, 0.717) is 5.92 Å². The van der Waals surface area contributed by atoms with Gasteiger partial charge in [-0.2, -0.15) is 0 Å². The number of hydrogen-bond donors (Lipinski definition) is 0. The fourth-order valence-corrected chi connectivity index (χ4v) is 3.46. The lowest BCUT2D eigenvalue weighted by molar-refractivity contribution is 0.726. The topological polar surface area (TPSA) is 0 Å². The Kier molecular flexibility index (Phi) is 3.56. The standard InChI is InChI=1S/C18H17Br/c1-2-6-13-9-10-16-15(13)11-12-17(19)18(16)14-7-4-3-5-8-14/h3-5,7-13H,2,6H2,1H3. The van der Waals surface area contributed by atoms with Crippen molar-refractivity contribution in [3.05, 3.63) is 64.1 Å². The minimum absolute atomic E-state index is 0.593. The fraction of sp³-hybridized carbons (Fsp3) is 0.222. The van der Waals surface area contributed by atoms with E-state index < -0.39 is 0 Å². The molecule has 1 aliphatic rings. The van der Waals surface area contributed by atoms with Crippen LogP contribution < -0.4 is 0 Å².